The first kappa shape index (κ1) is 14.4. The van der Waals surface area contributed by atoms with Crippen LogP contribution in [0.1, 0.15) is 26.3 Å². The molecule has 0 N–H and O–H groups in total. The van der Waals surface area contributed by atoms with Crippen LogP contribution in [-0.4, -0.2) is 18.4 Å². The van der Waals surface area contributed by atoms with E-state index in [1.807, 2.05) is 6.07 Å². The minimum absolute atomic E-state index is 0.120. The molecule has 0 unspecified atom stereocenters. The zero-order chi connectivity index (χ0) is 15.2. The zero-order valence-electron chi connectivity index (χ0n) is 10.9. The summed E-state index contributed by atoms with van der Waals surface area (Å²) in [6.45, 7) is -0.542. The van der Waals surface area contributed by atoms with Gasteiger partial charge < -0.3 is 4.74 Å². The number of hydrogen-bond donors (Lipinski definition) is 0. The summed E-state index contributed by atoms with van der Waals surface area (Å²) in [6.07, 6.45) is 0. The summed E-state index contributed by atoms with van der Waals surface area (Å²) in [5, 5.41) is 8.65. The van der Waals surface area contributed by atoms with Gasteiger partial charge in [-0.2, -0.15) is 5.26 Å². The van der Waals surface area contributed by atoms with Crippen LogP contribution in [0.3, 0.4) is 0 Å². The number of ketones is 1. The van der Waals surface area contributed by atoms with E-state index in [2.05, 4.69) is 0 Å². The Balaban J connectivity index is 1.99. The van der Waals surface area contributed by atoms with Gasteiger partial charge >= 0.3 is 5.97 Å². The Bertz CT molecular complexity index is 717. The van der Waals surface area contributed by atoms with Crippen molar-refractivity contribution in [2.75, 3.05) is 6.61 Å². The molecule has 0 aliphatic heterocycles. The van der Waals surface area contributed by atoms with Crippen LogP contribution in [0, 0.1) is 17.1 Å². The van der Waals surface area contributed by atoms with Gasteiger partial charge in [0.1, 0.15) is 5.82 Å². The number of ether oxygens (including phenoxy) is 1. The lowest BCUT2D eigenvalue weighted by molar-refractivity contribution is 0.0473. The van der Waals surface area contributed by atoms with E-state index in [9.17, 15) is 14.0 Å². The monoisotopic (exact) mass is 283 g/mol. The van der Waals surface area contributed by atoms with Crippen molar-refractivity contribution >= 4 is 11.8 Å². The number of nitriles is 1. The van der Waals surface area contributed by atoms with Crippen molar-refractivity contribution in [2.24, 2.45) is 0 Å². The second-order valence-electron chi connectivity index (χ2n) is 4.17. The minimum Gasteiger partial charge on any atom is -0.454 e. The van der Waals surface area contributed by atoms with Crippen LogP contribution in [0.4, 0.5) is 4.39 Å². The molecule has 0 bridgehead atoms. The summed E-state index contributed by atoms with van der Waals surface area (Å²) in [4.78, 5) is 23.5. The molecule has 2 rings (SSSR count). The highest BCUT2D eigenvalue weighted by Gasteiger charge is 2.14. The van der Waals surface area contributed by atoms with Crippen LogP contribution < -0.4 is 0 Å². The summed E-state index contributed by atoms with van der Waals surface area (Å²) >= 11 is 0. The van der Waals surface area contributed by atoms with Crippen LogP contribution >= 0.6 is 0 Å². The molecule has 0 saturated carbocycles. The summed E-state index contributed by atoms with van der Waals surface area (Å²) in [5.74, 6) is -1.98. The average Bonchev–Trinajstić information content (AvgIpc) is 2.52. The van der Waals surface area contributed by atoms with E-state index in [-0.39, 0.29) is 11.1 Å². The number of carbonyl (C=O) groups is 2. The van der Waals surface area contributed by atoms with E-state index in [1.165, 1.54) is 42.5 Å². The molecule has 0 aliphatic carbocycles. The molecule has 0 aromatic heterocycles. The van der Waals surface area contributed by atoms with Crippen LogP contribution in [-0.2, 0) is 4.74 Å². The van der Waals surface area contributed by atoms with Crippen molar-refractivity contribution in [3.8, 4) is 6.07 Å². The van der Waals surface area contributed by atoms with Gasteiger partial charge in [0.2, 0.25) is 5.78 Å². The fourth-order valence-electron chi connectivity index (χ4n) is 1.66. The number of Topliss-reactive ketones (excluding diaryl/α,β-unsaturated/α-hetero) is 1. The third-order valence-electron chi connectivity index (χ3n) is 2.76. The molecule has 0 heterocycles. The molecular weight excluding hydrogens is 273 g/mol. The molecule has 0 radical (unpaired) electrons. The lowest BCUT2D eigenvalue weighted by Crippen LogP contribution is -2.15. The molecule has 2 aromatic carbocycles. The highest BCUT2D eigenvalue weighted by atomic mass is 19.1. The summed E-state index contributed by atoms with van der Waals surface area (Å²) in [6, 6.07) is 13.2. The van der Waals surface area contributed by atoms with Crippen LogP contribution in [0.2, 0.25) is 0 Å². The molecule has 0 spiro atoms. The Morgan fingerprint density at radius 3 is 2.38 bits per heavy atom. The lowest BCUT2D eigenvalue weighted by Gasteiger charge is -2.05. The molecule has 5 heteroatoms. The molecule has 104 valence electrons. The first-order valence-electron chi connectivity index (χ1n) is 6.07. The number of hydrogen-bond acceptors (Lipinski definition) is 4. The Morgan fingerprint density at radius 2 is 1.76 bits per heavy atom. The van der Waals surface area contributed by atoms with Gasteiger partial charge in [-0.25, -0.2) is 9.18 Å². The van der Waals surface area contributed by atoms with Gasteiger partial charge in [0.25, 0.3) is 0 Å². The number of esters is 1. The summed E-state index contributed by atoms with van der Waals surface area (Å²) < 4.78 is 18.2. The summed E-state index contributed by atoms with van der Waals surface area (Å²) in [5.41, 5.74) is 0.509. The second-order valence-corrected chi connectivity index (χ2v) is 4.17. The van der Waals surface area contributed by atoms with Gasteiger partial charge in [-0.05, 0) is 36.4 Å². The number of carbonyl (C=O) groups excluding carboxylic acids is 2. The Hall–Kier alpha value is -3.00. The van der Waals surface area contributed by atoms with E-state index < -0.39 is 24.2 Å². The molecule has 0 fully saturated rings. The molecule has 0 aliphatic rings. The molecule has 0 amide bonds. The van der Waals surface area contributed by atoms with Gasteiger partial charge in [-0.1, -0.05) is 12.1 Å². The van der Waals surface area contributed by atoms with Gasteiger partial charge in [0.05, 0.1) is 22.8 Å². The number of nitrogens with zero attached hydrogens (tertiary/aromatic N) is 1. The van der Waals surface area contributed by atoms with Crippen molar-refractivity contribution < 1.29 is 18.7 Å². The van der Waals surface area contributed by atoms with Crippen molar-refractivity contribution in [2.45, 2.75) is 0 Å². The predicted octanol–water partition coefficient (Wildman–Crippen LogP) is 2.74. The number of benzene rings is 2. The van der Waals surface area contributed by atoms with Crippen LogP contribution in [0.5, 0.6) is 0 Å². The normalized spacial score (nSPS) is 9.71. The fourth-order valence-corrected chi connectivity index (χ4v) is 1.66. The van der Waals surface area contributed by atoms with Gasteiger partial charge in [0, 0.05) is 0 Å². The standard InChI is InChI=1S/C16H10FNO3/c17-14-4-2-1-3-13(14)15(19)10-21-16(20)12-7-5-11(9-18)6-8-12/h1-8H,10H2. The van der Waals surface area contributed by atoms with Gasteiger partial charge in [-0.15, -0.1) is 0 Å². The molecule has 4 nitrogen and oxygen atoms in total. The number of rotatable bonds is 4. The predicted molar refractivity (Wildman–Crippen MR) is 72.2 cm³/mol. The topological polar surface area (TPSA) is 67.2 Å². The lowest BCUT2D eigenvalue weighted by atomic mass is 10.1. The van der Waals surface area contributed by atoms with Crippen LogP contribution in [0.25, 0.3) is 0 Å². The largest absolute Gasteiger partial charge is 0.454 e. The van der Waals surface area contributed by atoms with E-state index in [1.54, 1.807) is 0 Å². The van der Waals surface area contributed by atoms with Crippen molar-refractivity contribution in [3.63, 3.8) is 0 Å². The third-order valence-corrected chi connectivity index (χ3v) is 2.76. The maximum absolute atomic E-state index is 13.4. The Kier molecular flexibility index (Phi) is 4.42. The van der Waals surface area contributed by atoms with E-state index in [0.29, 0.717) is 5.56 Å². The molecule has 21 heavy (non-hydrogen) atoms. The molecule has 2 aromatic rings. The SMILES string of the molecule is N#Cc1ccc(C(=O)OCC(=O)c2ccccc2F)cc1. The van der Waals surface area contributed by atoms with Gasteiger partial charge in [0.15, 0.2) is 6.61 Å². The van der Waals surface area contributed by atoms with Crippen molar-refractivity contribution in [3.05, 3.63) is 71.0 Å². The van der Waals surface area contributed by atoms with E-state index in [0.717, 1.165) is 6.07 Å². The van der Waals surface area contributed by atoms with E-state index in [4.69, 9.17) is 10.00 Å². The summed E-state index contributed by atoms with van der Waals surface area (Å²) in [7, 11) is 0. The quantitative estimate of drug-likeness (QED) is 0.639. The first-order chi connectivity index (χ1) is 10.1. The molecule has 0 saturated heterocycles. The maximum atomic E-state index is 13.4. The highest BCUT2D eigenvalue weighted by Crippen LogP contribution is 2.09. The smallest absolute Gasteiger partial charge is 0.338 e. The second kappa shape index (κ2) is 6.44. The first-order valence-corrected chi connectivity index (χ1v) is 6.07. The fraction of sp³-hybridized carbons (Fsp3) is 0.0625. The van der Waals surface area contributed by atoms with Crippen molar-refractivity contribution in [1.82, 2.24) is 0 Å². The van der Waals surface area contributed by atoms with E-state index >= 15 is 0 Å². The zero-order valence-corrected chi connectivity index (χ0v) is 10.9. The average molecular weight is 283 g/mol. The highest BCUT2D eigenvalue weighted by molar-refractivity contribution is 5.99. The maximum Gasteiger partial charge on any atom is 0.338 e. The van der Waals surface area contributed by atoms with Crippen molar-refractivity contribution in [1.29, 1.82) is 5.26 Å². The molecule has 0 atom stereocenters. The minimum atomic E-state index is -0.704. The Labute approximate surface area is 120 Å². The molecular formula is C16H10FNO3. The van der Waals surface area contributed by atoms with Gasteiger partial charge in [-0.3, -0.25) is 4.79 Å². The number of halogens is 1. The third kappa shape index (κ3) is 3.51. The van der Waals surface area contributed by atoms with Crippen LogP contribution in [0.15, 0.2) is 48.5 Å². The Morgan fingerprint density at radius 1 is 1.10 bits per heavy atom.